The van der Waals surface area contributed by atoms with E-state index < -0.39 is 0 Å². The Balaban J connectivity index is 2.18. The van der Waals surface area contributed by atoms with Crippen LogP contribution >= 0.6 is 0 Å². The van der Waals surface area contributed by atoms with E-state index in [2.05, 4.69) is 11.9 Å². The van der Waals surface area contributed by atoms with Gasteiger partial charge in [0, 0.05) is 0 Å². The maximum absolute atomic E-state index is 12.6. The fourth-order valence-corrected chi connectivity index (χ4v) is 2.03. The molecule has 0 heterocycles. The summed E-state index contributed by atoms with van der Waals surface area (Å²) in [5, 5.41) is 2.87. The van der Waals surface area contributed by atoms with Gasteiger partial charge in [-0.3, -0.25) is 4.79 Å². The van der Waals surface area contributed by atoms with Gasteiger partial charge in [0.05, 0.1) is 17.9 Å². The molecule has 0 unspecified atom stereocenters. The molecule has 0 aliphatic heterocycles. The maximum Gasteiger partial charge on any atom is 0.259 e. The zero-order chi connectivity index (χ0) is 16.5. The number of carbonyl (C=O) groups excluding carboxylic acids is 1. The summed E-state index contributed by atoms with van der Waals surface area (Å²) in [5.74, 6) is 0.954. The van der Waals surface area contributed by atoms with Crippen molar-refractivity contribution >= 4 is 11.6 Å². The first-order chi connectivity index (χ1) is 11.3. The Bertz CT molecular complexity index is 667. The van der Waals surface area contributed by atoms with Crippen LogP contribution in [0.5, 0.6) is 11.5 Å². The highest BCUT2D eigenvalue weighted by atomic mass is 16.5. The molecule has 0 aromatic heterocycles. The topological polar surface area (TPSA) is 47.6 Å². The number of hydrogen-bond acceptors (Lipinski definition) is 3. The Morgan fingerprint density at radius 1 is 1.09 bits per heavy atom. The molecule has 4 heteroatoms. The Labute approximate surface area is 136 Å². The van der Waals surface area contributed by atoms with Gasteiger partial charge in [0.15, 0.2) is 0 Å². The van der Waals surface area contributed by atoms with Gasteiger partial charge in [0.2, 0.25) is 0 Å². The third-order valence-electron chi connectivity index (χ3n) is 3.09. The summed E-state index contributed by atoms with van der Waals surface area (Å²) in [6.45, 7) is 6.60. The van der Waals surface area contributed by atoms with Crippen LogP contribution in [0.2, 0.25) is 0 Å². The van der Waals surface area contributed by atoms with Crippen molar-refractivity contribution in [3.63, 3.8) is 0 Å². The predicted octanol–water partition coefficient (Wildman–Crippen LogP) is 4.29. The molecule has 4 nitrogen and oxygen atoms in total. The molecule has 0 radical (unpaired) electrons. The molecular formula is C19H21NO3. The van der Waals surface area contributed by atoms with Crippen LogP contribution < -0.4 is 14.8 Å². The minimum Gasteiger partial charge on any atom is -0.493 e. The zero-order valence-corrected chi connectivity index (χ0v) is 13.2. The summed E-state index contributed by atoms with van der Waals surface area (Å²) in [5.41, 5.74) is 1.11. The van der Waals surface area contributed by atoms with E-state index in [0.717, 1.165) is 6.42 Å². The van der Waals surface area contributed by atoms with Gasteiger partial charge >= 0.3 is 0 Å². The molecule has 23 heavy (non-hydrogen) atoms. The quantitative estimate of drug-likeness (QED) is 0.740. The van der Waals surface area contributed by atoms with E-state index in [1.165, 1.54) is 0 Å². The Kier molecular flexibility index (Phi) is 6.24. The van der Waals surface area contributed by atoms with Gasteiger partial charge < -0.3 is 14.8 Å². The number of benzene rings is 2. The lowest BCUT2D eigenvalue weighted by Crippen LogP contribution is -2.14. The molecule has 2 rings (SSSR count). The molecule has 0 aliphatic rings. The number of para-hydroxylation sites is 3. The molecular weight excluding hydrogens is 290 g/mol. The molecule has 0 fully saturated rings. The summed E-state index contributed by atoms with van der Waals surface area (Å²) in [7, 11) is 0. The van der Waals surface area contributed by atoms with Crippen molar-refractivity contribution in [2.45, 2.75) is 13.3 Å². The number of amides is 1. The molecule has 0 bridgehead atoms. The van der Waals surface area contributed by atoms with E-state index in [9.17, 15) is 4.79 Å². The Hall–Kier alpha value is -2.75. The normalized spacial score (nSPS) is 9.96. The number of ether oxygens (including phenoxy) is 2. The standard InChI is InChI=1S/C19H21NO3/c1-3-13-22-17-11-7-5-9-15(17)19(21)20-16-10-6-8-12-18(16)23-14-4-2/h4-12H,2-3,13-14H2,1H3,(H,20,21). The molecule has 1 amide bonds. The molecule has 0 spiro atoms. The van der Waals surface area contributed by atoms with E-state index in [0.29, 0.717) is 36.0 Å². The van der Waals surface area contributed by atoms with Gasteiger partial charge in [-0.05, 0) is 30.7 Å². The second-order valence-corrected chi connectivity index (χ2v) is 4.89. The lowest BCUT2D eigenvalue weighted by atomic mass is 10.1. The van der Waals surface area contributed by atoms with E-state index in [4.69, 9.17) is 9.47 Å². The molecule has 1 N–H and O–H groups in total. The largest absolute Gasteiger partial charge is 0.493 e. The molecule has 2 aromatic rings. The highest BCUT2D eigenvalue weighted by Gasteiger charge is 2.14. The Morgan fingerprint density at radius 3 is 2.52 bits per heavy atom. The van der Waals surface area contributed by atoms with Gasteiger partial charge in [-0.1, -0.05) is 43.8 Å². The van der Waals surface area contributed by atoms with Crippen molar-refractivity contribution in [3.8, 4) is 11.5 Å². The van der Waals surface area contributed by atoms with Crippen LogP contribution in [0.1, 0.15) is 23.7 Å². The second-order valence-electron chi connectivity index (χ2n) is 4.89. The first kappa shape index (κ1) is 16.6. The maximum atomic E-state index is 12.6. The highest BCUT2D eigenvalue weighted by Crippen LogP contribution is 2.26. The first-order valence-corrected chi connectivity index (χ1v) is 7.62. The third kappa shape index (κ3) is 4.61. The van der Waals surface area contributed by atoms with E-state index in [1.54, 1.807) is 30.3 Å². The average Bonchev–Trinajstić information content (AvgIpc) is 2.59. The van der Waals surface area contributed by atoms with Crippen molar-refractivity contribution < 1.29 is 14.3 Å². The smallest absolute Gasteiger partial charge is 0.259 e. The van der Waals surface area contributed by atoms with Crippen LogP contribution in [0.3, 0.4) is 0 Å². The minimum atomic E-state index is -0.230. The minimum absolute atomic E-state index is 0.230. The van der Waals surface area contributed by atoms with Crippen LogP contribution in [0, 0.1) is 0 Å². The molecule has 120 valence electrons. The van der Waals surface area contributed by atoms with Crippen molar-refractivity contribution in [1.82, 2.24) is 0 Å². The molecule has 0 atom stereocenters. The predicted molar refractivity (Wildman–Crippen MR) is 92.3 cm³/mol. The number of anilines is 1. The SMILES string of the molecule is C=CCOc1ccccc1NC(=O)c1ccccc1OCCC. The first-order valence-electron chi connectivity index (χ1n) is 7.62. The summed E-state index contributed by atoms with van der Waals surface area (Å²) in [4.78, 5) is 12.6. The number of nitrogens with one attached hydrogen (secondary N) is 1. The second kappa shape index (κ2) is 8.63. The lowest BCUT2D eigenvalue weighted by molar-refractivity contribution is 0.102. The summed E-state index contributed by atoms with van der Waals surface area (Å²) >= 11 is 0. The Morgan fingerprint density at radius 2 is 1.78 bits per heavy atom. The van der Waals surface area contributed by atoms with Crippen LogP contribution in [-0.2, 0) is 0 Å². The van der Waals surface area contributed by atoms with Crippen LogP contribution in [0.15, 0.2) is 61.2 Å². The van der Waals surface area contributed by atoms with E-state index in [1.807, 2.05) is 31.2 Å². The van der Waals surface area contributed by atoms with E-state index in [-0.39, 0.29) is 5.91 Å². The van der Waals surface area contributed by atoms with E-state index >= 15 is 0 Å². The van der Waals surface area contributed by atoms with Crippen LogP contribution in [0.4, 0.5) is 5.69 Å². The summed E-state index contributed by atoms with van der Waals surface area (Å²) < 4.78 is 11.2. The summed E-state index contributed by atoms with van der Waals surface area (Å²) in [6, 6.07) is 14.5. The number of rotatable bonds is 8. The molecule has 0 saturated heterocycles. The van der Waals surface area contributed by atoms with Crippen molar-refractivity contribution in [1.29, 1.82) is 0 Å². The van der Waals surface area contributed by atoms with Gasteiger partial charge in [-0.2, -0.15) is 0 Å². The van der Waals surface area contributed by atoms with Crippen LogP contribution in [0.25, 0.3) is 0 Å². The fourth-order valence-electron chi connectivity index (χ4n) is 2.03. The fraction of sp³-hybridized carbons (Fsp3) is 0.211. The van der Waals surface area contributed by atoms with Gasteiger partial charge in [0.1, 0.15) is 18.1 Å². The van der Waals surface area contributed by atoms with Gasteiger partial charge in [-0.25, -0.2) is 0 Å². The monoisotopic (exact) mass is 311 g/mol. The molecule has 0 saturated carbocycles. The zero-order valence-electron chi connectivity index (χ0n) is 13.2. The lowest BCUT2D eigenvalue weighted by Gasteiger charge is -2.13. The van der Waals surface area contributed by atoms with Crippen molar-refractivity contribution in [2.75, 3.05) is 18.5 Å². The average molecular weight is 311 g/mol. The molecule has 0 aliphatic carbocycles. The highest BCUT2D eigenvalue weighted by molar-refractivity contribution is 6.06. The molecule has 2 aromatic carbocycles. The van der Waals surface area contributed by atoms with Crippen molar-refractivity contribution in [2.24, 2.45) is 0 Å². The van der Waals surface area contributed by atoms with Gasteiger partial charge in [-0.15, -0.1) is 0 Å². The van der Waals surface area contributed by atoms with Crippen molar-refractivity contribution in [3.05, 3.63) is 66.7 Å². The number of carbonyl (C=O) groups is 1. The third-order valence-corrected chi connectivity index (χ3v) is 3.09. The summed E-state index contributed by atoms with van der Waals surface area (Å²) in [6.07, 6.45) is 2.54. The van der Waals surface area contributed by atoms with Gasteiger partial charge in [0.25, 0.3) is 5.91 Å². The number of hydrogen-bond donors (Lipinski definition) is 1. The van der Waals surface area contributed by atoms with Crippen LogP contribution in [-0.4, -0.2) is 19.1 Å².